The second kappa shape index (κ2) is 5.79. The molecular weight excluding hydrogens is 312 g/mol. The zero-order chi connectivity index (χ0) is 16.8. The summed E-state index contributed by atoms with van der Waals surface area (Å²) in [5, 5.41) is 8.82. The lowest BCUT2D eigenvalue weighted by Crippen LogP contribution is -2.38. The van der Waals surface area contributed by atoms with Crippen LogP contribution >= 0.6 is 0 Å². The molecule has 2 fully saturated rings. The van der Waals surface area contributed by atoms with E-state index < -0.39 is 0 Å². The minimum atomic E-state index is 0.494. The lowest BCUT2D eigenvalue weighted by atomic mass is 9.85. The van der Waals surface area contributed by atoms with E-state index in [2.05, 4.69) is 32.1 Å². The number of hydrogen-bond donors (Lipinski definition) is 0. The summed E-state index contributed by atoms with van der Waals surface area (Å²) < 4.78 is 1.81. The largest absolute Gasteiger partial charge is 0.349 e. The number of para-hydroxylation sites is 1. The maximum atomic E-state index is 4.64. The Hall–Kier alpha value is -2.50. The van der Waals surface area contributed by atoms with Crippen molar-refractivity contribution in [2.24, 2.45) is 5.92 Å². The average Bonchev–Trinajstić information content (AvgIpc) is 3.22. The predicted octanol–water partition coefficient (Wildman–Crippen LogP) is 3.37. The van der Waals surface area contributed by atoms with Gasteiger partial charge in [-0.3, -0.25) is 0 Å². The van der Waals surface area contributed by atoms with E-state index in [1.807, 2.05) is 30.3 Å². The van der Waals surface area contributed by atoms with Crippen molar-refractivity contribution >= 4 is 17.0 Å². The molecule has 6 heteroatoms. The molecule has 0 unspecified atom stereocenters. The molecule has 3 aromatic rings. The van der Waals surface area contributed by atoms with Crippen LogP contribution in [-0.2, 0) is 0 Å². The molecule has 3 heterocycles. The number of aromatic nitrogens is 5. The number of fused-ring (bicyclic) bond motifs is 2. The molecule has 6 nitrogen and oxygen atoms in total. The fraction of sp³-hybridized carbons (Fsp3) is 0.474. The molecule has 1 saturated carbocycles. The highest BCUT2D eigenvalue weighted by molar-refractivity contribution is 5.84. The third-order valence-electron chi connectivity index (χ3n) is 5.81. The number of benzene rings is 1. The van der Waals surface area contributed by atoms with Crippen molar-refractivity contribution in [3.63, 3.8) is 0 Å². The summed E-state index contributed by atoms with van der Waals surface area (Å²) in [6.07, 6.45) is 8.19. The molecule has 128 valence electrons. The van der Waals surface area contributed by atoms with Gasteiger partial charge < -0.3 is 4.90 Å². The molecule has 0 radical (unpaired) electrons. The van der Waals surface area contributed by atoms with Crippen molar-refractivity contribution in [2.45, 2.75) is 51.1 Å². The Labute approximate surface area is 146 Å². The van der Waals surface area contributed by atoms with Crippen molar-refractivity contribution in [2.75, 3.05) is 4.90 Å². The summed E-state index contributed by atoms with van der Waals surface area (Å²) in [5.74, 6) is 1.74. The Bertz CT molecular complexity index is 889. The molecule has 0 spiro atoms. The van der Waals surface area contributed by atoms with Gasteiger partial charge in [0.2, 0.25) is 0 Å². The minimum absolute atomic E-state index is 0.494. The summed E-state index contributed by atoms with van der Waals surface area (Å²) >= 11 is 0. The molecule has 0 bridgehead atoms. The molecule has 1 aliphatic carbocycles. The molecule has 2 aromatic heterocycles. The molecule has 1 saturated heterocycles. The topological polar surface area (TPSA) is 59.7 Å². The Kier molecular flexibility index (Phi) is 3.43. The maximum absolute atomic E-state index is 4.64. The first kappa shape index (κ1) is 14.8. The summed E-state index contributed by atoms with van der Waals surface area (Å²) in [6, 6.07) is 11.1. The van der Waals surface area contributed by atoms with E-state index in [0.717, 1.165) is 28.6 Å². The van der Waals surface area contributed by atoms with E-state index in [1.165, 1.54) is 32.1 Å². The Balaban J connectivity index is 1.62. The van der Waals surface area contributed by atoms with Gasteiger partial charge in [0, 0.05) is 12.1 Å². The van der Waals surface area contributed by atoms with Crippen LogP contribution in [0.25, 0.3) is 16.9 Å². The predicted molar refractivity (Wildman–Crippen MR) is 96.8 cm³/mol. The highest BCUT2D eigenvalue weighted by Crippen LogP contribution is 2.42. The van der Waals surface area contributed by atoms with Gasteiger partial charge >= 0.3 is 0 Å². The lowest BCUT2D eigenvalue weighted by Gasteiger charge is -2.33. The quantitative estimate of drug-likeness (QED) is 0.719. The monoisotopic (exact) mass is 334 g/mol. The normalized spacial score (nSPS) is 26.1. The van der Waals surface area contributed by atoms with Crippen molar-refractivity contribution in [3.8, 4) is 5.69 Å². The molecular formula is C19H22N6. The SMILES string of the molecule is C[C@@H]1C[C@H]2CCCC[C@H]2N1c1ncnc2c1nnn2-c1ccccc1. The highest BCUT2D eigenvalue weighted by atomic mass is 15.5. The first-order valence-corrected chi connectivity index (χ1v) is 9.23. The van der Waals surface area contributed by atoms with Crippen LogP contribution in [0, 0.1) is 5.92 Å². The van der Waals surface area contributed by atoms with Crippen LogP contribution in [0.2, 0.25) is 0 Å². The van der Waals surface area contributed by atoms with Crippen LogP contribution in [0.4, 0.5) is 5.82 Å². The van der Waals surface area contributed by atoms with Crippen LogP contribution in [0.15, 0.2) is 36.7 Å². The number of nitrogens with zero attached hydrogens (tertiary/aromatic N) is 6. The Morgan fingerprint density at radius 1 is 1.04 bits per heavy atom. The Morgan fingerprint density at radius 2 is 1.88 bits per heavy atom. The molecule has 3 atom stereocenters. The third-order valence-corrected chi connectivity index (χ3v) is 5.81. The van der Waals surface area contributed by atoms with Crippen molar-refractivity contribution in [1.29, 1.82) is 0 Å². The van der Waals surface area contributed by atoms with Gasteiger partial charge in [0.25, 0.3) is 0 Å². The van der Waals surface area contributed by atoms with E-state index in [0.29, 0.717) is 12.1 Å². The van der Waals surface area contributed by atoms with Crippen LogP contribution < -0.4 is 4.90 Å². The summed E-state index contributed by atoms with van der Waals surface area (Å²) in [7, 11) is 0. The van der Waals surface area contributed by atoms with E-state index in [1.54, 1.807) is 11.0 Å². The summed E-state index contributed by atoms with van der Waals surface area (Å²) in [5.41, 5.74) is 2.56. The van der Waals surface area contributed by atoms with Gasteiger partial charge in [0.1, 0.15) is 6.33 Å². The summed E-state index contributed by atoms with van der Waals surface area (Å²) in [6.45, 7) is 2.31. The maximum Gasteiger partial charge on any atom is 0.189 e. The van der Waals surface area contributed by atoms with Gasteiger partial charge in [0.05, 0.1) is 5.69 Å². The van der Waals surface area contributed by atoms with E-state index in [4.69, 9.17) is 0 Å². The second-order valence-corrected chi connectivity index (χ2v) is 7.31. The highest BCUT2D eigenvalue weighted by Gasteiger charge is 2.41. The minimum Gasteiger partial charge on any atom is -0.349 e. The van der Waals surface area contributed by atoms with Crippen molar-refractivity contribution in [3.05, 3.63) is 36.7 Å². The molecule has 2 aliphatic rings. The number of hydrogen-bond acceptors (Lipinski definition) is 5. The third kappa shape index (κ3) is 2.31. The van der Waals surface area contributed by atoms with Crippen LogP contribution in [-0.4, -0.2) is 37.0 Å². The zero-order valence-electron chi connectivity index (χ0n) is 14.4. The fourth-order valence-corrected chi connectivity index (χ4v) is 4.74. The number of rotatable bonds is 2. The molecule has 25 heavy (non-hydrogen) atoms. The summed E-state index contributed by atoms with van der Waals surface area (Å²) in [4.78, 5) is 11.6. The van der Waals surface area contributed by atoms with E-state index in [-0.39, 0.29) is 0 Å². The molecule has 5 rings (SSSR count). The van der Waals surface area contributed by atoms with Gasteiger partial charge in [-0.05, 0) is 44.2 Å². The fourth-order valence-electron chi connectivity index (χ4n) is 4.74. The van der Waals surface area contributed by atoms with Gasteiger partial charge in [-0.1, -0.05) is 36.3 Å². The smallest absolute Gasteiger partial charge is 0.189 e. The van der Waals surface area contributed by atoms with Crippen molar-refractivity contribution < 1.29 is 0 Å². The molecule has 0 amide bonds. The first-order chi connectivity index (χ1) is 12.3. The van der Waals surface area contributed by atoms with Gasteiger partial charge in [-0.25, -0.2) is 9.97 Å². The van der Waals surface area contributed by atoms with Crippen LogP contribution in [0.1, 0.15) is 39.0 Å². The van der Waals surface area contributed by atoms with Gasteiger partial charge in [-0.15, -0.1) is 5.10 Å². The van der Waals surface area contributed by atoms with E-state index in [9.17, 15) is 0 Å². The van der Waals surface area contributed by atoms with Gasteiger partial charge in [-0.2, -0.15) is 4.68 Å². The zero-order valence-corrected chi connectivity index (χ0v) is 14.4. The van der Waals surface area contributed by atoms with Crippen molar-refractivity contribution in [1.82, 2.24) is 25.0 Å². The molecule has 0 N–H and O–H groups in total. The number of anilines is 1. The average molecular weight is 334 g/mol. The standard InChI is InChI=1S/C19H22N6/c1-13-11-14-7-5-6-10-16(14)24(13)18-17-19(21-12-20-18)25(23-22-17)15-8-3-2-4-9-15/h2-4,8-9,12-14,16H,5-7,10-11H2,1H3/t13-,14-,16-/m1/s1. The molecule has 1 aliphatic heterocycles. The first-order valence-electron chi connectivity index (χ1n) is 9.23. The van der Waals surface area contributed by atoms with Gasteiger partial charge in [0.15, 0.2) is 17.0 Å². The van der Waals surface area contributed by atoms with E-state index >= 15 is 0 Å². The molecule has 1 aromatic carbocycles. The lowest BCUT2D eigenvalue weighted by molar-refractivity contribution is 0.341. The van der Waals surface area contributed by atoms with Crippen LogP contribution in [0.5, 0.6) is 0 Å². The Morgan fingerprint density at radius 3 is 2.76 bits per heavy atom. The van der Waals surface area contributed by atoms with Crippen LogP contribution in [0.3, 0.4) is 0 Å². The second-order valence-electron chi connectivity index (χ2n) is 7.31.